The molecule has 0 aromatic heterocycles. The van der Waals surface area contributed by atoms with Crippen molar-refractivity contribution in [3.05, 3.63) is 0 Å². The Morgan fingerprint density at radius 2 is 1.94 bits per heavy atom. The molecule has 0 amide bonds. The van der Waals surface area contributed by atoms with Crippen LogP contribution in [0.3, 0.4) is 0 Å². The predicted molar refractivity (Wildman–Crippen MR) is 53.3 cm³/mol. The number of carbonyl (C=O) groups excluding carboxylic acids is 3. The van der Waals surface area contributed by atoms with Gasteiger partial charge in [-0.05, 0) is 13.3 Å². The minimum Gasteiger partial charge on any atom is -0.466 e. The zero-order valence-corrected chi connectivity index (χ0v) is 9.66. The largest absolute Gasteiger partial charge is 0.509 e. The van der Waals surface area contributed by atoms with Crippen LogP contribution in [0.25, 0.3) is 0 Å². The van der Waals surface area contributed by atoms with Crippen LogP contribution in [0, 0.1) is 11.8 Å². The monoisotopic (exact) mass is 256 g/mol. The third kappa shape index (κ3) is 1.46. The van der Waals surface area contributed by atoms with E-state index < -0.39 is 48.2 Å². The zero-order chi connectivity index (χ0) is 12.9. The third-order valence-corrected chi connectivity index (χ3v) is 3.56. The van der Waals surface area contributed by atoms with Crippen LogP contribution in [0.5, 0.6) is 0 Å². The second kappa shape index (κ2) is 3.86. The molecule has 3 heterocycles. The van der Waals surface area contributed by atoms with Gasteiger partial charge in [0, 0.05) is 0 Å². The average molecular weight is 256 g/mol. The number of esters is 2. The molecule has 5 atom stereocenters. The summed E-state index contributed by atoms with van der Waals surface area (Å²) in [6, 6.07) is 0. The number of hydrogen-bond donors (Lipinski definition) is 0. The lowest BCUT2D eigenvalue weighted by Gasteiger charge is -2.43. The van der Waals surface area contributed by atoms with Gasteiger partial charge in [0.1, 0.15) is 0 Å². The van der Waals surface area contributed by atoms with Crippen molar-refractivity contribution in [2.75, 3.05) is 6.61 Å². The lowest BCUT2D eigenvalue weighted by molar-refractivity contribution is -0.206. The van der Waals surface area contributed by atoms with E-state index in [1.807, 2.05) is 0 Å². The first-order chi connectivity index (χ1) is 8.61. The maximum atomic E-state index is 11.8. The average Bonchev–Trinajstić information content (AvgIpc) is 2.72. The summed E-state index contributed by atoms with van der Waals surface area (Å²) in [5.74, 6) is -2.09. The van der Waals surface area contributed by atoms with E-state index in [1.54, 1.807) is 6.92 Å². The number of carbonyl (C=O) groups is 3. The summed E-state index contributed by atoms with van der Waals surface area (Å²) in [6.45, 7) is 1.96. The van der Waals surface area contributed by atoms with Gasteiger partial charge in [0.15, 0.2) is 18.3 Å². The van der Waals surface area contributed by atoms with E-state index in [4.69, 9.17) is 18.9 Å². The lowest BCUT2D eigenvalue weighted by atomic mass is 9.73. The van der Waals surface area contributed by atoms with Crippen molar-refractivity contribution in [2.24, 2.45) is 11.8 Å². The summed E-state index contributed by atoms with van der Waals surface area (Å²) >= 11 is 0. The van der Waals surface area contributed by atoms with Crippen molar-refractivity contribution < 1.29 is 33.3 Å². The minimum absolute atomic E-state index is 0.255. The Morgan fingerprint density at radius 3 is 2.67 bits per heavy atom. The van der Waals surface area contributed by atoms with E-state index in [0.717, 1.165) is 0 Å². The molecule has 0 aromatic rings. The van der Waals surface area contributed by atoms with Crippen LogP contribution >= 0.6 is 0 Å². The van der Waals surface area contributed by atoms with Gasteiger partial charge in [0.05, 0.1) is 18.4 Å². The molecular formula is C11H12O7. The van der Waals surface area contributed by atoms with Crippen LogP contribution in [0.2, 0.25) is 0 Å². The summed E-state index contributed by atoms with van der Waals surface area (Å²) < 4.78 is 20.0. The summed E-state index contributed by atoms with van der Waals surface area (Å²) in [6.07, 6.45) is -2.65. The highest BCUT2D eigenvalue weighted by molar-refractivity contribution is 5.82. The molecule has 0 N–H and O–H groups in total. The van der Waals surface area contributed by atoms with Crippen LogP contribution in [-0.2, 0) is 28.5 Å². The fraction of sp³-hybridized carbons (Fsp3) is 0.727. The number of ether oxygens (including phenoxy) is 4. The summed E-state index contributed by atoms with van der Waals surface area (Å²) in [5, 5.41) is 0. The topological polar surface area (TPSA) is 88.1 Å². The van der Waals surface area contributed by atoms with Crippen molar-refractivity contribution in [3.63, 3.8) is 0 Å². The van der Waals surface area contributed by atoms with Crippen molar-refractivity contribution in [1.29, 1.82) is 0 Å². The molecule has 3 saturated heterocycles. The Kier molecular flexibility index (Phi) is 2.42. The summed E-state index contributed by atoms with van der Waals surface area (Å²) in [5.41, 5.74) is 0. The van der Waals surface area contributed by atoms with E-state index in [0.29, 0.717) is 0 Å². The maximum absolute atomic E-state index is 11.8. The van der Waals surface area contributed by atoms with Gasteiger partial charge in [-0.15, -0.1) is 0 Å². The Bertz CT molecular complexity index is 418. The highest BCUT2D eigenvalue weighted by Crippen LogP contribution is 2.44. The van der Waals surface area contributed by atoms with Gasteiger partial charge in [0.25, 0.3) is 0 Å². The number of fused-ring (bicyclic) bond motifs is 2. The van der Waals surface area contributed by atoms with Gasteiger partial charge in [-0.2, -0.15) is 0 Å². The number of rotatable bonds is 2. The first-order valence-electron chi connectivity index (χ1n) is 5.86. The smallest absolute Gasteiger partial charge is 0.466 e. The molecule has 1 saturated carbocycles. The van der Waals surface area contributed by atoms with E-state index in [1.165, 1.54) is 0 Å². The standard InChI is InChI=1S/C11H12O7/c1-2-15-9(12)4-3-5-7-8(18-11(14)17-7)6(4)16-10(5)13/h4-8H,2-3H2,1H3/t4-,5-,6+,7+,8-/m1/s1. The van der Waals surface area contributed by atoms with E-state index in [-0.39, 0.29) is 13.0 Å². The van der Waals surface area contributed by atoms with Crippen molar-refractivity contribution in [1.82, 2.24) is 0 Å². The van der Waals surface area contributed by atoms with Gasteiger partial charge in [0.2, 0.25) is 0 Å². The molecule has 2 bridgehead atoms. The highest BCUT2D eigenvalue weighted by atomic mass is 16.8. The van der Waals surface area contributed by atoms with Gasteiger partial charge in [-0.1, -0.05) is 0 Å². The molecule has 4 rings (SSSR count). The first kappa shape index (κ1) is 11.3. The summed E-state index contributed by atoms with van der Waals surface area (Å²) in [4.78, 5) is 34.5. The molecule has 4 fully saturated rings. The minimum atomic E-state index is -0.817. The molecule has 0 spiro atoms. The summed E-state index contributed by atoms with van der Waals surface area (Å²) in [7, 11) is 0. The molecule has 4 aliphatic rings. The zero-order valence-electron chi connectivity index (χ0n) is 9.66. The highest BCUT2D eigenvalue weighted by Gasteiger charge is 2.63. The Morgan fingerprint density at radius 1 is 1.22 bits per heavy atom. The van der Waals surface area contributed by atoms with E-state index >= 15 is 0 Å². The first-order valence-corrected chi connectivity index (χ1v) is 5.86. The molecule has 18 heavy (non-hydrogen) atoms. The van der Waals surface area contributed by atoms with E-state index in [2.05, 4.69) is 0 Å². The third-order valence-electron chi connectivity index (χ3n) is 3.56. The normalized spacial score (nSPS) is 40.6. The van der Waals surface area contributed by atoms with E-state index in [9.17, 15) is 14.4 Å². The lowest BCUT2D eigenvalue weighted by Crippen LogP contribution is -2.61. The molecular weight excluding hydrogens is 244 g/mol. The maximum Gasteiger partial charge on any atom is 0.509 e. The Balaban J connectivity index is 1.85. The van der Waals surface area contributed by atoms with Crippen LogP contribution in [0.4, 0.5) is 4.79 Å². The molecule has 7 nitrogen and oxygen atoms in total. The van der Waals surface area contributed by atoms with Gasteiger partial charge in [-0.3, -0.25) is 9.59 Å². The number of hydrogen-bond acceptors (Lipinski definition) is 7. The molecule has 0 aromatic carbocycles. The van der Waals surface area contributed by atoms with Crippen LogP contribution in [0.15, 0.2) is 0 Å². The fourth-order valence-electron chi connectivity index (χ4n) is 2.80. The van der Waals surface area contributed by atoms with Crippen LogP contribution < -0.4 is 0 Å². The van der Waals surface area contributed by atoms with Crippen molar-refractivity contribution in [2.45, 2.75) is 31.7 Å². The molecule has 0 radical (unpaired) electrons. The molecule has 3 aliphatic heterocycles. The predicted octanol–water partition coefficient (Wildman–Crippen LogP) is 0.0150. The van der Waals surface area contributed by atoms with Crippen LogP contribution in [-0.4, -0.2) is 43.0 Å². The van der Waals surface area contributed by atoms with Crippen LogP contribution in [0.1, 0.15) is 13.3 Å². The van der Waals surface area contributed by atoms with Gasteiger partial charge < -0.3 is 18.9 Å². The van der Waals surface area contributed by atoms with Crippen molar-refractivity contribution in [3.8, 4) is 0 Å². The quantitative estimate of drug-likeness (QED) is 0.508. The fourth-order valence-corrected chi connectivity index (χ4v) is 2.80. The second-order valence-corrected chi connectivity index (χ2v) is 4.52. The van der Waals surface area contributed by atoms with Gasteiger partial charge in [-0.25, -0.2) is 4.79 Å². The Labute approximate surface area is 102 Å². The van der Waals surface area contributed by atoms with Gasteiger partial charge >= 0.3 is 18.1 Å². The molecule has 0 unspecified atom stereocenters. The molecule has 98 valence electrons. The van der Waals surface area contributed by atoms with Crippen molar-refractivity contribution >= 4 is 18.1 Å². The molecule has 7 heteroatoms. The second-order valence-electron chi connectivity index (χ2n) is 4.52. The Hall–Kier alpha value is -1.79. The SMILES string of the molecule is CCOC(=O)[C@@H]1C[C@H]2C(=O)O[C@@H]1[C@H]1OC(=O)O[C@H]12. The molecule has 1 aliphatic carbocycles.